The van der Waals surface area contributed by atoms with E-state index in [9.17, 15) is 9.90 Å². The SMILES string of the molecule is O=C(NC[C@]1(O)CCN(c2ccccn2)C1)c1ccc2c(c1)CCCC2. The molecule has 5 nitrogen and oxygen atoms in total. The Labute approximate surface area is 154 Å². The summed E-state index contributed by atoms with van der Waals surface area (Å²) in [5.74, 6) is 0.757. The summed E-state index contributed by atoms with van der Waals surface area (Å²) in [6, 6.07) is 11.8. The third kappa shape index (κ3) is 3.58. The number of hydrogen-bond donors (Lipinski definition) is 2. The van der Waals surface area contributed by atoms with Crippen LogP contribution in [-0.4, -0.2) is 41.2 Å². The van der Waals surface area contributed by atoms with Crippen LogP contribution in [0.25, 0.3) is 0 Å². The summed E-state index contributed by atoms with van der Waals surface area (Å²) in [6.07, 6.45) is 6.97. The standard InChI is InChI=1S/C21H25N3O2/c25-20(18-9-8-16-5-1-2-6-17(16)13-18)23-14-21(26)10-12-24(15-21)19-7-3-4-11-22-19/h3-4,7-9,11,13,26H,1-2,5-6,10,12,14-15H2,(H,23,25)/t21-/m1/s1. The van der Waals surface area contributed by atoms with Crippen LogP contribution < -0.4 is 10.2 Å². The molecule has 1 aromatic carbocycles. The number of fused-ring (bicyclic) bond motifs is 1. The highest BCUT2D eigenvalue weighted by Gasteiger charge is 2.37. The van der Waals surface area contributed by atoms with E-state index in [1.807, 2.05) is 30.3 Å². The molecule has 0 bridgehead atoms. The quantitative estimate of drug-likeness (QED) is 0.887. The summed E-state index contributed by atoms with van der Waals surface area (Å²) in [5.41, 5.74) is 2.44. The van der Waals surface area contributed by atoms with E-state index < -0.39 is 5.60 Å². The first-order chi connectivity index (χ1) is 12.6. The minimum atomic E-state index is -0.915. The zero-order valence-electron chi connectivity index (χ0n) is 14.9. The van der Waals surface area contributed by atoms with Gasteiger partial charge in [-0.25, -0.2) is 4.98 Å². The van der Waals surface area contributed by atoms with Crippen LogP contribution in [-0.2, 0) is 12.8 Å². The average Bonchev–Trinajstić information content (AvgIpc) is 3.09. The zero-order valence-corrected chi connectivity index (χ0v) is 14.9. The van der Waals surface area contributed by atoms with E-state index in [4.69, 9.17) is 0 Å². The molecule has 2 heterocycles. The van der Waals surface area contributed by atoms with E-state index in [1.54, 1.807) is 6.20 Å². The Bertz CT molecular complexity index is 793. The molecule has 2 N–H and O–H groups in total. The number of carbonyl (C=O) groups is 1. The Hall–Kier alpha value is -2.40. The van der Waals surface area contributed by atoms with Crippen molar-refractivity contribution in [2.45, 2.75) is 37.7 Å². The Morgan fingerprint density at radius 1 is 1.19 bits per heavy atom. The van der Waals surface area contributed by atoms with E-state index >= 15 is 0 Å². The van der Waals surface area contributed by atoms with Crippen LogP contribution in [0.4, 0.5) is 5.82 Å². The zero-order chi connectivity index (χ0) is 18.0. The number of carbonyl (C=O) groups excluding carboxylic acids is 1. The lowest BCUT2D eigenvalue weighted by Gasteiger charge is -2.24. The molecule has 1 saturated heterocycles. The van der Waals surface area contributed by atoms with Crippen molar-refractivity contribution in [3.05, 3.63) is 59.3 Å². The van der Waals surface area contributed by atoms with Crippen LogP contribution >= 0.6 is 0 Å². The molecule has 1 atom stereocenters. The fraction of sp³-hybridized carbons (Fsp3) is 0.429. The van der Waals surface area contributed by atoms with Gasteiger partial charge in [0.05, 0.1) is 0 Å². The van der Waals surface area contributed by atoms with Crippen LogP contribution in [0, 0.1) is 0 Å². The molecule has 4 rings (SSSR count). The topological polar surface area (TPSA) is 65.5 Å². The molecule has 0 radical (unpaired) electrons. The lowest BCUT2D eigenvalue weighted by atomic mass is 9.90. The van der Waals surface area contributed by atoms with Gasteiger partial charge in [-0.3, -0.25) is 4.79 Å². The third-order valence-corrected chi connectivity index (χ3v) is 5.49. The molecule has 0 unspecified atom stereocenters. The third-order valence-electron chi connectivity index (χ3n) is 5.49. The molecule has 1 aliphatic carbocycles. The number of β-amino-alcohol motifs (C(OH)–C–C–N with tert-alkyl or cyclic N) is 1. The second-order valence-electron chi connectivity index (χ2n) is 7.46. The lowest BCUT2D eigenvalue weighted by Crippen LogP contribution is -2.45. The van der Waals surface area contributed by atoms with Gasteiger partial charge in [-0.15, -0.1) is 0 Å². The maximum atomic E-state index is 12.5. The maximum Gasteiger partial charge on any atom is 0.251 e. The van der Waals surface area contributed by atoms with Gasteiger partial charge in [0.2, 0.25) is 0 Å². The van der Waals surface area contributed by atoms with Crippen molar-refractivity contribution < 1.29 is 9.90 Å². The summed E-state index contributed by atoms with van der Waals surface area (Å²) in [5, 5.41) is 13.8. The fourth-order valence-electron chi connectivity index (χ4n) is 3.96. The Morgan fingerprint density at radius 2 is 2.04 bits per heavy atom. The summed E-state index contributed by atoms with van der Waals surface area (Å²) in [6.45, 7) is 1.48. The highest BCUT2D eigenvalue weighted by Crippen LogP contribution is 2.25. The van der Waals surface area contributed by atoms with E-state index in [0.29, 0.717) is 18.5 Å². The molecule has 1 aromatic heterocycles. The number of amides is 1. The number of aromatic nitrogens is 1. The highest BCUT2D eigenvalue weighted by molar-refractivity contribution is 5.94. The molecule has 26 heavy (non-hydrogen) atoms. The van der Waals surface area contributed by atoms with Gasteiger partial charge in [0.1, 0.15) is 11.4 Å². The van der Waals surface area contributed by atoms with E-state index in [0.717, 1.165) is 25.2 Å². The number of pyridine rings is 1. The number of nitrogens with zero attached hydrogens (tertiary/aromatic N) is 2. The van der Waals surface area contributed by atoms with Gasteiger partial charge < -0.3 is 15.3 Å². The number of benzene rings is 1. The molecule has 2 aliphatic rings. The monoisotopic (exact) mass is 351 g/mol. The van der Waals surface area contributed by atoms with Crippen molar-refractivity contribution in [2.24, 2.45) is 0 Å². The van der Waals surface area contributed by atoms with Gasteiger partial charge in [-0.05, 0) is 67.5 Å². The van der Waals surface area contributed by atoms with Crippen LogP contribution in [0.3, 0.4) is 0 Å². The van der Waals surface area contributed by atoms with Crippen molar-refractivity contribution in [2.75, 3.05) is 24.5 Å². The van der Waals surface area contributed by atoms with Gasteiger partial charge in [0.15, 0.2) is 0 Å². The summed E-state index contributed by atoms with van der Waals surface area (Å²) < 4.78 is 0. The molecule has 0 spiro atoms. The van der Waals surface area contributed by atoms with Crippen LogP contribution in [0.1, 0.15) is 40.7 Å². The van der Waals surface area contributed by atoms with Crippen LogP contribution in [0.5, 0.6) is 0 Å². The predicted molar refractivity (Wildman–Crippen MR) is 101 cm³/mol. The van der Waals surface area contributed by atoms with E-state index in [1.165, 1.54) is 24.0 Å². The summed E-state index contributed by atoms with van der Waals surface area (Å²) in [4.78, 5) is 18.9. The number of aliphatic hydroxyl groups is 1. The highest BCUT2D eigenvalue weighted by atomic mass is 16.3. The Kier molecular flexibility index (Phi) is 4.64. The smallest absolute Gasteiger partial charge is 0.251 e. The van der Waals surface area contributed by atoms with Crippen LogP contribution in [0.2, 0.25) is 0 Å². The molecular formula is C21H25N3O2. The minimum absolute atomic E-state index is 0.108. The van der Waals surface area contributed by atoms with Gasteiger partial charge >= 0.3 is 0 Å². The van der Waals surface area contributed by atoms with Crippen molar-refractivity contribution in [3.8, 4) is 0 Å². The second-order valence-corrected chi connectivity index (χ2v) is 7.46. The number of hydrogen-bond acceptors (Lipinski definition) is 4. The molecule has 1 aliphatic heterocycles. The Balaban J connectivity index is 1.37. The average molecular weight is 351 g/mol. The summed E-state index contributed by atoms with van der Waals surface area (Å²) in [7, 11) is 0. The minimum Gasteiger partial charge on any atom is -0.386 e. The van der Waals surface area contributed by atoms with Gasteiger partial charge in [-0.1, -0.05) is 12.1 Å². The van der Waals surface area contributed by atoms with Gasteiger partial charge in [0, 0.05) is 31.4 Å². The normalized spacial score (nSPS) is 22.1. The van der Waals surface area contributed by atoms with Crippen molar-refractivity contribution >= 4 is 11.7 Å². The number of nitrogens with one attached hydrogen (secondary N) is 1. The van der Waals surface area contributed by atoms with Crippen molar-refractivity contribution in [3.63, 3.8) is 0 Å². The Morgan fingerprint density at radius 3 is 2.85 bits per heavy atom. The maximum absolute atomic E-state index is 12.5. The summed E-state index contributed by atoms with van der Waals surface area (Å²) >= 11 is 0. The van der Waals surface area contributed by atoms with Crippen molar-refractivity contribution in [1.82, 2.24) is 10.3 Å². The molecule has 136 valence electrons. The molecule has 5 heteroatoms. The number of anilines is 1. The fourth-order valence-corrected chi connectivity index (χ4v) is 3.96. The first-order valence-electron chi connectivity index (χ1n) is 9.41. The molecule has 1 amide bonds. The predicted octanol–water partition coefficient (Wildman–Crippen LogP) is 2.33. The van der Waals surface area contributed by atoms with Gasteiger partial charge in [-0.2, -0.15) is 0 Å². The largest absolute Gasteiger partial charge is 0.386 e. The molecular weight excluding hydrogens is 326 g/mol. The van der Waals surface area contributed by atoms with E-state index in [-0.39, 0.29) is 12.5 Å². The lowest BCUT2D eigenvalue weighted by molar-refractivity contribution is 0.0575. The van der Waals surface area contributed by atoms with Crippen molar-refractivity contribution in [1.29, 1.82) is 0 Å². The van der Waals surface area contributed by atoms with Gasteiger partial charge in [0.25, 0.3) is 5.91 Å². The second kappa shape index (κ2) is 7.08. The molecule has 1 fully saturated rings. The number of aryl methyl sites for hydroxylation is 2. The molecule has 2 aromatic rings. The first kappa shape index (κ1) is 17.0. The van der Waals surface area contributed by atoms with Crippen LogP contribution in [0.15, 0.2) is 42.6 Å². The molecule has 0 saturated carbocycles. The van der Waals surface area contributed by atoms with E-state index in [2.05, 4.69) is 21.3 Å². The first-order valence-corrected chi connectivity index (χ1v) is 9.41. The number of rotatable bonds is 4.